The van der Waals surface area contributed by atoms with Crippen molar-refractivity contribution in [3.05, 3.63) is 60.7 Å². The Kier molecular flexibility index (Phi) is 49.3. The first-order valence-electron chi connectivity index (χ1n) is 11.1. The summed E-state index contributed by atoms with van der Waals surface area (Å²) in [6, 6.07) is 0. The zero-order valence-corrected chi connectivity index (χ0v) is 23.1. The number of nitrogens with one attached hydrogen (secondary N) is 1. The lowest BCUT2D eigenvalue weighted by Gasteiger charge is -2.07. The topological polar surface area (TPSA) is 24.4 Å². The van der Waals surface area contributed by atoms with Gasteiger partial charge in [0.05, 0.1) is 0 Å². The molecule has 0 aliphatic carbocycles. The van der Waals surface area contributed by atoms with Gasteiger partial charge in [0, 0.05) is 12.7 Å². The Morgan fingerprint density at radius 2 is 1.58 bits per heavy atom. The van der Waals surface area contributed by atoms with E-state index in [-0.39, 0.29) is 0 Å². The monoisotopic (exact) mass is 448 g/mol. The number of amidine groups is 1. The smallest absolute Gasteiger partial charge is 0.127 e. The molecule has 0 aliphatic rings. The summed E-state index contributed by atoms with van der Waals surface area (Å²) in [5.41, 5.74) is 2.31. The second-order valence-corrected chi connectivity index (χ2v) is 7.45. The molecule has 31 heavy (non-hydrogen) atoms. The van der Waals surface area contributed by atoms with Gasteiger partial charge >= 0.3 is 0 Å². The quantitative estimate of drug-likeness (QED) is 0.164. The van der Waals surface area contributed by atoms with Gasteiger partial charge in [-0.25, -0.2) is 0 Å². The van der Waals surface area contributed by atoms with Crippen LogP contribution in [0.3, 0.4) is 0 Å². The van der Waals surface area contributed by atoms with Crippen molar-refractivity contribution < 1.29 is 0 Å². The molecule has 0 aromatic rings. The highest BCUT2D eigenvalue weighted by molar-refractivity contribution is 8.02. The molecule has 0 aromatic carbocycles. The van der Waals surface area contributed by atoms with Gasteiger partial charge in [0.25, 0.3) is 0 Å². The Labute approximate surface area is 201 Å². The molecule has 0 aliphatic heterocycles. The minimum atomic E-state index is 0.845. The van der Waals surface area contributed by atoms with Gasteiger partial charge in [-0.05, 0) is 70.1 Å². The number of allylic oxidation sites excluding steroid dienone is 4. The number of hydrogen-bond acceptors (Lipinski definition) is 2. The predicted octanol–water partition coefficient (Wildman–Crippen LogP) is 9.35. The van der Waals surface area contributed by atoms with E-state index in [0.717, 1.165) is 43.6 Å². The SMILES string of the molecule is C#CC.C=C.C=C(C)C(=NCCC)N/C=C(\C)CCC=C(C)SC.C=CCC.CCC. The molecule has 0 radical (unpaired) electrons. The molecule has 0 saturated heterocycles. The minimum Gasteiger partial charge on any atom is -0.347 e. The number of hydrogen-bond donors (Lipinski definition) is 1. The molecule has 0 fully saturated rings. The molecule has 2 nitrogen and oxygen atoms in total. The summed E-state index contributed by atoms with van der Waals surface area (Å²) in [5, 5.41) is 3.27. The van der Waals surface area contributed by atoms with Crippen LogP contribution in [0.2, 0.25) is 0 Å². The number of nitrogens with zero attached hydrogens (tertiary/aromatic N) is 1. The van der Waals surface area contributed by atoms with Crippen LogP contribution < -0.4 is 5.32 Å². The van der Waals surface area contributed by atoms with Gasteiger partial charge in [0.1, 0.15) is 5.84 Å². The fourth-order valence-corrected chi connectivity index (χ4v) is 1.66. The molecule has 0 spiro atoms. The molecule has 0 rings (SSSR count). The van der Waals surface area contributed by atoms with Crippen molar-refractivity contribution in [2.45, 2.75) is 87.5 Å². The standard InChI is InChI=1S/C16H28N2S.C4H8.C3H8.C3H4.C2H4/c1-7-11-17-16(13(2)3)18-12-14(4)9-8-10-15(5)19-6;1-3-4-2;2*1-3-2;1-2/h10,12H,2,7-9,11H2,1,3-6H3,(H,17,18);3H,1,4H2,2H3;3H2,1-2H3;1H,2H3;1-2H2/b14-12+,15-10?;;;;. The first-order valence-corrected chi connectivity index (χ1v) is 12.3. The van der Waals surface area contributed by atoms with Crippen molar-refractivity contribution in [3.8, 4) is 12.3 Å². The summed E-state index contributed by atoms with van der Waals surface area (Å²) in [6.07, 6.45) is 18.5. The van der Waals surface area contributed by atoms with E-state index in [2.05, 4.69) is 103 Å². The van der Waals surface area contributed by atoms with Crippen molar-refractivity contribution >= 4 is 17.6 Å². The second-order valence-electron chi connectivity index (χ2n) is 6.40. The Hall–Kier alpha value is -1.92. The summed E-state index contributed by atoms with van der Waals surface area (Å²) in [7, 11) is 0. The lowest BCUT2D eigenvalue weighted by molar-refractivity contribution is 0.918. The third kappa shape index (κ3) is 47.4. The zero-order valence-electron chi connectivity index (χ0n) is 22.2. The van der Waals surface area contributed by atoms with Crippen molar-refractivity contribution in [2.24, 2.45) is 4.99 Å². The molecule has 180 valence electrons. The van der Waals surface area contributed by atoms with E-state index in [9.17, 15) is 0 Å². The van der Waals surface area contributed by atoms with Crippen LogP contribution in [0.25, 0.3) is 0 Å². The average molecular weight is 449 g/mol. The molecular weight excluding hydrogens is 396 g/mol. The van der Waals surface area contributed by atoms with Gasteiger partial charge < -0.3 is 5.32 Å². The highest BCUT2D eigenvalue weighted by Gasteiger charge is 1.97. The third-order valence-electron chi connectivity index (χ3n) is 2.93. The first kappa shape index (κ1) is 39.5. The maximum Gasteiger partial charge on any atom is 0.127 e. The van der Waals surface area contributed by atoms with Crippen molar-refractivity contribution in [1.82, 2.24) is 5.32 Å². The molecule has 0 bridgehead atoms. The van der Waals surface area contributed by atoms with Crippen molar-refractivity contribution in [1.29, 1.82) is 0 Å². The molecule has 0 unspecified atom stereocenters. The molecule has 1 N–H and O–H groups in total. The summed E-state index contributed by atoms with van der Waals surface area (Å²) < 4.78 is 0. The van der Waals surface area contributed by atoms with Crippen LogP contribution in [0.15, 0.2) is 65.7 Å². The van der Waals surface area contributed by atoms with Gasteiger partial charge in [-0.1, -0.05) is 58.4 Å². The lowest BCUT2D eigenvalue weighted by atomic mass is 10.1. The highest BCUT2D eigenvalue weighted by atomic mass is 32.2. The molecule has 0 atom stereocenters. The molecule has 0 heterocycles. The van der Waals surface area contributed by atoms with Crippen molar-refractivity contribution in [2.75, 3.05) is 12.8 Å². The summed E-state index contributed by atoms with van der Waals surface area (Å²) in [4.78, 5) is 5.86. The fourth-order valence-electron chi connectivity index (χ4n) is 1.38. The number of thioether (sulfide) groups is 1. The zero-order chi connectivity index (χ0) is 25.5. The van der Waals surface area contributed by atoms with E-state index in [1.54, 1.807) is 18.7 Å². The molecule has 0 saturated carbocycles. The maximum absolute atomic E-state index is 4.60. The van der Waals surface area contributed by atoms with Gasteiger partial charge in [0.15, 0.2) is 0 Å². The summed E-state index contributed by atoms with van der Waals surface area (Å²) in [5.74, 6) is 3.15. The van der Waals surface area contributed by atoms with E-state index < -0.39 is 0 Å². The van der Waals surface area contributed by atoms with Crippen LogP contribution in [0, 0.1) is 12.3 Å². The first-order chi connectivity index (χ1) is 14.7. The van der Waals surface area contributed by atoms with E-state index in [0.29, 0.717) is 0 Å². The Morgan fingerprint density at radius 3 is 1.90 bits per heavy atom. The third-order valence-corrected chi connectivity index (χ3v) is 3.74. The molecular formula is C28H52N2S. The Morgan fingerprint density at radius 1 is 1.13 bits per heavy atom. The van der Waals surface area contributed by atoms with Gasteiger partial charge in [-0.3, -0.25) is 4.99 Å². The number of rotatable bonds is 9. The molecule has 3 heteroatoms. The van der Waals surface area contributed by atoms with Gasteiger partial charge in [-0.2, -0.15) is 0 Å². The number of aliphatic imine (C=N–C) groups is 1. The summed E-state index contributed by atoms with van der Waals surface area (Å²) in [6.45, 7) is 30.6. The molecule has 0 aromatic heterocycles. The minimum absolute atomic E-state index is 0.845. The van der Waals surface area contributed by atoms with Gasteiger partial charge in [0.2, 0.25) is 0 Å². The predicted molar refractivity (Wildman–Crippen MR) is 153 cm³/mol. The van der Waals surface area contributed by atoms with Crippen LogP contribution in [0.4, 0.5) is 0 Å². The largest absolute Gasteiger partial charge is 0.347 e. The molecule has 0 amide bonds. The second kappa shape index (κ2) is 38.7. The van der Waals surface area contributed by atoms with E-state index in [1.807, 2.05) is 19.2 Å². The normalized spacial score (nSPS) is 10.1. The van der Waals surface area contributed by atoms with Crippen LogP contribution in [-0.4, -0.2) is 18.6 Å². The van der Waals surface area contributed by atoms with E-state index in [1.165, 1.54) is 16.9 Å². The maximum atomic E-state index is 4.60. The van der Waals surface area contributed by atoms with E-state index >= 15 is 0 Å². The van der Waals surface area contributed by atoms with Crippen LogP contribution in [-0.2, 0) is 0 Å². The van der Waals surface area contributed by atoms with E-state index in [4.69, 9.17) is 0 Å². The Bertz CT molecular complexity index is 520. The van der Waals surface area contributed by atoms with Gasteiger partial charge in [-0.15, -0.1) is 43.8 Å². The highest BCUT2D eigenvalue weighted by Crippen LogP contribution is 2.13. The average Bonchev–Trinajstić information content (AvgIpc) is 2.76. The lowest BCUT2D eigenvalue weighted by Crippen LogP contribution is -2.19. The fraction of sp³-hybridized carbons (Fsp3) is 0.536. The summed E-state index contributed by atoms with van der Waals surface area (Å²) >= 11 is 1.80. The van der Waals surface area contributed by atoms with Crippen LogP contribution >= 0.6 is 11.8 Å². The van der Waals surface area contributed by atoms with Crippen LogP contribution in [0.1, 0.15) is 87.5 Å². The number of terminal acetylenes is 1. The Balaban J connectivity index is -0.000000155. The van der Waals surface area contributed by atoms with Crippen molar-refractivity contribution in [3.63, 3.8) is 0 Å². The van der Waals surface area contributed by atoms with Crippen LogP contribution in [0.5, 0.6) is 0 Å².